The van der Waals surface area contributed by atoms with E-state index in [2.05, 4.69) is 5.32 Å². The molecule has 2 aromatic carbocycles. The Balaban J connectivity index is 1.80. The molecule has 0 fully saturated rings. The molecule has 0 atom stereocenters. The SMILES string of the molecule is CN(Cc1ccccc1)C(=O)CC(=O)NCc1ccccc1F. The molecule has 0 aliphatic rings. The van der Waals surface area contributed by atoms with Gasteiger partial charge >= 0.3 is 0 Å². The van der Waals surface area contributed by atoms with Gasteiger partial charge in [0.15, 0.2) is 0 Å². The van der Waals surface area contributed by atoms with Crippen LogP contribution in [0.1, 0.15) is 17.5 Å². The van der Waals surface area contributed by atoms with Gasteiger partial charge in [-0.3, -0.25) is 9.59 Å². The van der Waals surface area contributed by atoms with Crippen LogP contribution >= 0.6 is 0 Å². The van der Waals surface area contributed by atoms with Gasteiger partial charge in [-0.25, -0.2) is 4.39 Å². The standard InChI is InChI=1S/C18H19FN2O2/c1-21(13-14-7-3-2-4-8-14)18(23)11-17(22)20-12-15-9-5-6-10-16(15)19/h2-10H,11-13H2,1H3,(H,20,22). The van der Waals surface area contributed by atoms with Crippen LogP contribution in [0.5, 0.6) is 0 Å². The summed E-state index contributed by atoms with van der Waals surface area (Å²) in [4.78, 5) is 25.3. The maximum absolute atomic E-state index is 13.4. The minimum atomic E-state index is -0.418. The highest BCUT2D eigenvalue weighted by atomic mass is 19.1. The molecule has 0 aliphatic carbocycles. The lowest BCUT2D eigenvalue weighted by Crippen LogP contribution is -2.33. The molecule has 0 spiro atoms. The van der Waals surface area contributed by atoms with E-state index >= 15 is 0 Å². The van der Waals surface area contributed by atoms with Crippen molar-refractivity contribution in [3.63, 3.8) is 0 Å². The van der Waals surface area contributed by atoms with Crippen molar-refractivity contribution in [1.82, 2.24) is 10.2 Å². The van der Waals surface area contributed by atoms with Crippen LogP contribution in [0.2, 0.25) is 0 Å². The summed E-state index contributed by atoms with van der Waals surface area (Å²) in [6.45, 7) is 0.515. The van der Waals surface area contributed by atoms with Crippen LogP contribution in [0.4, 0.5) is 4.39 Å². The summed E-state index contributed by atoms with van der Waals surface area (Å²) < 4.78 is 13.4. The summed E-state index contributed by atoms with van der Waals surface area (Å²) in [5, 5.41) is 2.56. The minimum absolute atomic E-state index is 0.0706. The van der Waals surface area contributed by atoms with Gasteiger partial charge < -0.3 is 10.2 Å². The highest BCUT2D eigenvalue weighted by molar-refractivity contribution is 5.96. The van der Waals surface area contributed by atoms with Gasteiger partial charge in [-0.2, -0.15) is 0 Å². The molecular weight excluding hydrogens is 295 g/mol. The Morgan fingerprint density at radius 2 is 1.70 bits per heavy atom. The number of rotatable bonds is 6. The molecule has 2 amide bonds. The first-order valence-corrected chi connectivity index (χ1v) is 7.34. The molecule has 120 valence electrons. The van der Waals surface area contributed by atoms with E-state index in [-0.39, 0.29) is 24.7 Å². The zero-order valence-corrected chi connectivity index (χ0v) is 13.0. The molecule has 0 radical (unpaired) electrons. The first-order chi connectivity index (χ1) is 11.1. The van der Waals surface area contributed by atoms with Crippen molar-refractivity contribution in [3.05, 3.63) is 71.5 Å². The summed E-state index contributed by atoms with van der Waals surface area (Å²) in [5.41, 5.74) is 1.39. The molecule has 0 aliphatic heterocycles. The smallest absolute Gasteiger partial charge is 0.232 e. The largest absolute Gasteiger partial charge is 0.351 e. The summed E-state index contributed by atoms with van der Waals surface area (Å²) in [7, 11) is 1.65. The van der Waals surface area contributed by atoms with Gasteiger partial charge in [-0.15, -0.1) is 0 Å². The first kappa shape index (κ1) is 16.7. The van der Waals surface area contributed by atoms with E-state index in [4.69, 9.17) is 0 Å². The number of nitrogens with zero attached hydrogens (tertiary/aromatic N) is 1. The van der Waals surface area contributed by atoms with Gasteiger partial charge in [-0.05, 0) is 11.6 Å². The van der Waals surface area contributed by atoms with Crippen LogP contribution < -0.4 is 5.32 Å². The number of halogens is 1. The summed E-state index contributed by atoms with van der Waals surface area (Å²) in [5.74, 6) is -1.07. The third-order valence-corrected chi connectivity index (χ3v) is 3.43. The predicted octanol–water partition coefficient (Wildman–Crippen LogP) is 2.49. The molecule has 0 unspecified atom stereocenters. The molecule has 23 heavy (non-hydrogen) atoms. The Morgan fingerprint density at radius 1 is 1.04 bits per heavy atom. The zero-order valence-electron chi connectivity index (χ0n) is 13.0. The lowest BCUT2D eigenvalue weighted by atomic mass is 10.2. The topological polar surface area (TPSA) is 49.4 Å². The van der Waals surface area contributed by atoms with Gasteiger partial charge in [-0.1, -0.05) is 48.5 Å². The van der Waals surface area contributed by atoms with Crippen LogP contribution in [-0.2, 0) is 22.7 Å². The second-order valence-corrected chi connectivity index (χ2v) is 5.28. The van der Waals surface area contributed by atoms with E-state index in [1.807, 2.05) is 30.3 Å². The maximum Gasteiger partial charge on any atom is 0.232 e. The number of hydrogen-bond acceptors (Lipinski definition) is 2. The van der Waals surface area contributed by atoms with Crippen molar-refractivity contribution in [2.24, 2.45) is 0 Å². The van der Waals surface area contributed by atoms with Gasteiger partial charge in [0.2, 0.25) is 11.8 Å². The highest BCUT2D eigenvalue weighted by Crippen LogP contribution is 2.06. The van der Waals surface area contributed by atoms with Crippen LogP contribution in [-0.4, -0.2) is 23.8 Å². The van der Waals surface area contributed by atoms with Crippen molar-refractivity contribution in [3.8, 4) is 0 Å². The quantitative estimate of drug-likeness (QED) is 0.833. The zero-order chi connectivity index (χ0) is 16.7. The lowest BCUT2D eigenvalue weighted by molar-refractivity contribution is -0.135. The van der Waals surface area contributed by atoms with Gasteiger partial charge in [0.25, 0.3) is 0 Å². The number of carbonyl (C=O) groups excluding carboxylic acids is 2. The predicted molar refractivity (Wildman–Crippen MR) is 85.8 cm³/mol. The Kier molecular flexibility index (Phi) is 5.86. The van der Waals surface area contributed by atoms with E-state index in [1.165, 1.54) is 11.0 Å². The molecule has 0 saturated heterocycles. The molecule has 0 heterocycles. The fourth-order valence-electron chi connectivity index (χ4n) is 2.12. The average molecular weight is 314 g/mol. The number of benzene rings is 2. The number of hydrogen-bond donors (Lipinski definition) is 1. The highest BCUT2D eigenvalue weighted by Gasteiger charge is 2.14. The maximum atomic E-state index is 13.4. The summed E-state index contributed by atoms with van der Waals surface area (Å²) in [6.07, 6.45) is -0.252. The summed E-state index contributed by atoms with van der Waals surface area (Å²) in [6, 6.07) is 15.8. The van der Waals surface area contributed by atoms with Crippen molar-refractivity contribution < 1.29 is 14.0 Å². The molecule has 2 rings (SSSR count). The molecular formula is C18H19FN2O2. The van der Waals surface area contributed by atoms with E-state index in [0.29, 0.717) is 12.1 Å². The fourth-order valence-corrected chi connectivity index (χ4v) is 2.12. The van der Waals surface area contributed by atoms with Crippen LogP contribution in [0.15, 0.2) is 54.6 Å². The van der Waals surface area contributed by atoms with Gasteiger partial charge in [0, 0.05) is 25.7 Å². The second kappa shape index (κ2) is 8.08. The Bertz CT molecular complexity index is 674. The third kappa shape index (κ3) is 5.21. The monoisotopic (exact) mass is 314 g/mol. The Hall–Kier alpha value is -2.69. The second-order valence-electron chi connectivity index (χ2n) is 5.28. The number of amides is 2. The van der Waals surface area contributed by atoms with Crippen LogP contribution in [0.25, 0.3) is 0 Å². The molecule has 5 heteroatoms. The van der Waals surface area contributed by atoms with Gasteiger partial charge in [0.1, 0.15) is 12.2 Å². The lowest BCUT2D eigenvalue weighted by Gasteiger charge is -2.17. The Labute approximate surface area is 134 Å². The molecule has 2 aromatic rings. The van der Waals surface area contributed by atoms with E-state index in [0.717, 1.165) is 5.56 Å². The molecule has 0 saturated carbocycles. The van der Waals surface area contributed by atoms with Crippen molar-refractivity contribution >= 4 is 11.8 Å². The van der Waals surface area contributed by atoms with Crippen LogP contribution in [0.3, 0.4) is 0 Å². The van der Waals surface area contributed by atoms with Crippen LogP contribution in [0, 0.1) is 5.82 Å². The fraction of sp³-hybridized carbons (Fsp3) is 0.222. The van der Waals surface area contributed by atoms with E-state index in [9.17, 15) is 14.0 Å². The van der Waals surface area contributed by atoms with Gasteiger partial charge in [0.05, 0.1) is 0 Å². The Morgan fingerprint density at radius 3 is 2.39 bits per heavy atom. The molecule has 0 aromatic heterocycles. The van der Waals surface area contributed by atoms with E-state index < -0.39 is 5.91 Å². The molecule has 0 bridgehead atoms. The molecule has 4 nitrogen and oxygen atoms in total. The van der Waals surface area contributed by atoms with Crippen molar-refractivity contribution in [1.29, 1.82) is 0 Å². The number of nitrogens with one attached hydrogen (secondary N) is 1. The third-order valence-electron chi connectivity index (χ3n) is 3.43. The van der Waals surface area contributed by atoms with Crippen molar-refractivity contribution in [2.45, 2.75) is 19.5 Å². The minimum Gasteiger partial charge on any atom is -0.351 e. The normalized spacial score (nSPS) is 10.2. The van der Waals surface area contributed by atoms with E-state index in [1.54, 1.807) is 25.2 Å². The summed E-state index contributed by atoms with van der Waals surface area (Å²) >= 11 is 0. The average Bonchev–Trinajstić information content (AvgIpc) is 2.55. The number of carbonyl (C=O) groups is 2. The van der Waals surface area contributed by atoms with Crippen molar-refractivity contribution in [2.75, 3.05) is 7.05 Å². The molecule has 1 N–H and O–H groups in total. The first-order valence-electron chi connectivity index (χ1n) is 7.34.